The second-order valence-electron chi connectivity index (χ2n) is 7.37. The van der Waals surface area contributed by atoms with Crippen LogP contribution in [0.5, 0.6) is 0 Å². The largest absolute Gasteiger partial charge is 0.307 e. The summed E-state index contributed by atoms with van der Waals surface area (Å²) in [5.74, 6) is 1.48. The van der Waals surface area contributed by atoms with Crippen LogP contribution in [0, 0.1) is 5.92 Å². The van der Waals surface area contributed by atoms with Crippen LogP contribution in [0.15, 0.2) is 35.1 Å². The van der Waals surface area contributed by atoms with E-state index in [2.05, 4.69) is 53.0 Å². The van der Waals surface area contributed by atoms with Gasteiger partial charge in [0.15, 0.2) is 0 Å². The average Bonchev–Trinajstić information content (AvgIpc) is 2.60. The number of unbranched alkanes of at least 4 members (excludes halogenated alkanes) is 1. The lowest BCUT2D eigenvalue weighted by Crippen LogP contribution is -2.33. The highest BCUT2D eigenvalue weighted by Gasteiger charge is 2.16. The van der Waals surface area contributed by atoms with Gasteiger partial charge in [0.2, 0.25) is 0 Å². The number of aryl methyl sites for hydroxylation is 1. The predicted molar refractivity (Wildman–Crippen MR) is 103 cm³/mol. The minimum Gasteiger partial charge on any atom is -0.307 e. The van der Waals surface area contributed by atoms with E-state index in [0.717, 1.165) is 43.0 Å². The van der Waals surface area contributed by atoms with Crippen LogP contribution in [-0.2, 0) is 13.0 Å². The minimum absolute atomic E-state index is 0.0671. The van der Waals surface area contributed by atoms with Crippen LogP contribution in [0.25, 0.3) is 11.4 Å². The smallest absolute Gasteiger partial charge is 0.251 e. The molecule has 1 aromatic carbocycles. The van der Waals surface area contributed by atoms with E-state index in [1.807, 2.05) is 0 Å². The molecule has 1 aromatic heterocycles. The summed E-state index contributed by atoms with van der Waals surface area (Å²) in [5.41, 5.74) is 3.11. The first-order valence-corrected chi connectivity index (χ1v) is 9.56. The van der Waals surface area contributed by atoms with Crippen molar-refractivity contribution in [3.8, 4) is 11.4 Å². The number of likely N-dealkylation sites (tertiary alicyclic amines) is 1. The van der Waals surface area contributed by atoms with Gasteiger partial charge in [0, 0.05) is 30.4 Å². The molecule has 0 bridgehead atoms. The van der Waals surface area contributed by atoms with Gasteiger partial charge < -0.3 is 4.98 Å². The average molecular weight is 339 g/mol. The van der Waals surface area contributed by atoms with Crippen LogP contribution in [-0.4, -0.2) is 28.0 Å². The third-order valence-electron chi connectivity index (χ3n) is 4.96. The molecule has 2 aromatic rings. The van der Waals surface area contributed by atoms with Gasteiger partial charge in [-0.15, -0.1) is 0 Å². The third kappa shape index (κ3) is 5.02. The molecule has 1 fully saturated rings. The van der Waals surface area contributed by atoms with E-state index in [9.17, 15) is 4.79 Å². The van der Waals surface area contributed by atoms with E-state index in [1.54, 1.807) is 6.07 Å². The Bertz CT molecular complexity index is 736. The molecule has 0 amide bonds. The Morgan fingerprint density at radius 2 is 2.08 bits per heavy atom. The molecule has 1 N–H and O–H groups in total. The lowest BCUT2D eigenvalue weighted by molar-refractivity contribution is 0.176. The first-order chi connectivity index (χ1) is 12.1. The van der Waals surface area contributed by atoms with Crippen LogP contribution in [0.1, 0.15) is 50.8 Å². The highest BCUT2D eigenvalue weighted by Crippen LogP contribution is 2.20. The van der Waals surface area contributed by atoms with Crippen LogP contribution < -0.4 is 5.56 Å². The molecule has 0 saturated carbocycles. The fourth-order valence-electron chi connectivity index (χ4n) is 3.59. The molecular weight excluding hydrogens is 310 g/mol. The molecule has 0 unspecified atom stereocenters. The number of nitrogens with one attached hydrogen (secondary N) is 1. The summed E-state index contributed by atoms with van der Waals surface area (Å²) in [5, 5.41) is 0. The van der Waals surface area contributed by atoms with Crippen molar-refractivity contribution in [1.82, 2.24) is 14.9 Å². The Hall–Kier alpha value is -1.94. The topological polar surface area (TPSA) is 49.0 Å². The summed E-state index contributed by atoms with van der Waals surface area (Å²) in [6.45, 7) is 7.88. The Kier molecular flexibility index (Phi) is 6.03. The Morgan fingerprint density at radius 3 is 2.80 bits per heavy atom. The van der Waals surface area contributed by atoms with Gasteiger partial charge in [-0.3, -0.25) is 9.69 Å². The molecule has 4 nitrogen and oxygen atoms in total. The van der Waals surface area contributed by atoms with Crippen molar-refractivity contribution in [2.45, 2.75) is 52.5 Å². The van der Waals surface area contributed by atoms with E-state index in [1.165, 1.54) is 31.5 Å². The van der Waals surface area contributed by atoms with E-state index in [-0.39, 0.29) is 5.56 Å². The van der Waals surface area contributed by atoms with Gasteiger partial charge in [0.1, 0.15) is 5.82 Å². The maximum absolute atomic E-state index is 11.9. The van der Waals surface area contributed by atoms with Crippen LogP contribution in [0.3, 0.4) is 0 Å². The summed E-state index contributed by atoms with van der Waals surface area (Å²) in [7, 11) is 0. The van der Waals surface area contributed by atoms with Crippen molar-refractivity contribution in [2.75, 3.05) is 13.1 Å². The van der Waals surface area contributed by atoms with Crippen molar-refractivity contribution in [3.63, 3.8) is 0 Å². The zero-order valence-electron chi connectivity index (χ0n) is 15.4. The lowest BCUT2D eigenvalue weighted by atomic mass is 9.99. The zero-order valence-corrected chi connectivity index (χ0v) is 15.4. The first kappa shape index (κ1) is 17.9. The quantitative estimate of drug-likeness (QED) is 0.865. The van der Waals surface area contributed by atoms with Crippen LogP contribution >= 0.6 is 0 Å². The number of hydrogen-bond donors (Lipinski definition) is 1. The second kappa shape index (κ2) is 8.43. The second-order valence-corrected chi connectivity index (χ2v) is 7.37. The molecule has 4 heteroatoms. The molecule has 2 heterocycles. The lowest BCUT2D eigenvalue weighted by Gasteiger charge is -2.30. The summed E-state index contributed by atoms with van der Waals surface area (Å²) in [6.07, 6.45) is 5.67. The summed E-state index contributed by atoms with van der Waals surface area (Å²) in [4.78, 5) is 21.9. The van der Waals surface area contributed by atoms with Gasteiger partial charge in [-0.1, -0.05) is 44.5 Å². The molecule has 134 valence electrons. The summed E-state index contributed by atoms with van der Waals surface area (Å²) in [6, 6.07) is 10.1. The molecule has 1 saturated heterocycles. The number of piperidine rings is 1. The normalized spacial score (nSPS) is 18.4. The summed E-state index contributed by atoms with van der Waals surface area (Å²) >= 11 is 0. The molecule has 1 aliphatic rings. The maximum atomic E-state index is 11.9. The standard InChI is InChI=1S/C21H29N3O/c1-3-4-7-19-13-20(25)23-21(22-19)18-10-8-17(9-11-18)15-24-12-5-6-16(2)14-24/h8-11,13,16H,3-7,12,14-15H2,1-2H3,(H,22,23,25)/t16-/m1/s1. The SMILES string of the molecule is CCCCc1cc(=O)[nH]c(-c2ccc(CN3CCC[C@@H](C)C3)cc2)n1. The van der Waals surface area contributed by atoms with Crippen molar-refractivity contribution >= 4 is 0 Å². The third-order valence-corrected chi connectivity index (χ3v) is 4.96. The molecule has 25 heavy (non-hydrogen) atoms. The number of aromatic amines is 1. The highest BCUT2D eigenvalue weighted by atomic mass is 16.1. The number of benzene rings is 1. The Balaban J connectivity index is 1.71. The van der Waals surface area contributed by atoms with E-state index in [0.29, 0.717) is 5.82 Å². The molecule has 1 aliphatic heterocycles. The molecule has 0 spiro atoms. The monoisotopic (exact) mass is 339 g/mol. The fraction of sp³-hybridized carbons (Fsp3) is 0.524. The number of nitrogens with zero attached hydrogens (tertiary/aromatic N) is 2. The van der Waals surface area contributed by atoms with Gasteiger partial charge in [0.05, 0.1) is 0 Å². The summed E-state index contributed by atoms with van der Waals surface area (Å²) < 4.78 is 0. The highest BCUT2D eigenvalue weighted by molar-refractivity contribution is 5.55. The van der Waals surface area contributed by atoms with Gasteiger partial charge in [-0.25, -0.2) is 4.98 Å². The number of aromatic nitrogens is 2. The Morgan fingerprint density at radius 1 is 1.28 bits per heavy atom. The van der Waals surface area contributed by atoms with Crippen LogP contribution in [0.4, 0.5) is 0 Å². The molecule has 0 aliphatic carbocycles. The molecular formula is C21H29N3O. The number of hydrogen-bond acceptors (Lipinski definition) is 3. The van der Waals surface area contributed by atoms with Crippen LogP contribution in [0.2, 0.25) is 0 Å². The molecule has 3 rings (SSSR count). The van der Waals surface area contributed by atoms with E-state index in [4.69, 9.17) is 0 Å². The number of rotatable bonds is 6. The molecule has 1 atom stereocenters. The van der Waals surface area contributed by atoms with Gasteiger partial charge in [-0.05, 0) is 43.7 Å². The van der Waals surface area contributed by atoms with Crippen molar-refractivity contribution in [2.24, 2.45) is 5.92 Å². The first-order valence-electron chi connectivity index (χ1n) is 9.56. The predicted octanol–water partition coefficient (Wildman–Crippen LogP) is 4.01. The van der Waals surface area contributed by atoms with Gasteiger partial charge in [-0.2, -0.15) is 0 Å². The zero-order chi connectivity index (χ0) is 17.6. The van der Waals surface area contributed by atoms with Crippen molar-refractivity contribution < 1.29 is 0 Å². The number of H-pyrrole nitrogens is 1. The Labute approximate surface area is 150 Å². The van der Waals surface area contributed by atoms with E-state index >= 15 is 0 Å². The van der Waals surface area contributed by atoms with E-state index < -0.39 is 0 Å². The van der Waals surface area contributed by atoms with Gasteiger partial charge in [0.25, 0.3) is 5.56 Å². The maximum Gasteiger partial charge on any atom is 0.251 e. The van der Waals surface area contributed by atoms with Gasteiger partial charge >= 0.3 is 0 Å². The minimum atomic E-state index is -0.0671. The van der Waals surface area contributed by atoms with Crippen molar-refractivity contribution in [1.29, 1.82) is 0 Å². The van der Waals surface area contributed by atoms with Crippen molar-refractivity contribution in [3.05, 3.63) is 51.9 Å². The fourth-order valence-corrected chi connectivity index (χ4v) is 3.59. The molecule has 0 radical (unpaired) electrons.